The Morgan fingerprint density at radius 2 is 2.00 bits per heavy atom. The van der Waals surface area contributed by atoms with E-state index in [1.807, 2.05) is 14.0 Å². The Balaban J connectivity index is 1.51. The number of nitrogens with zero attached hydrogens (tertiary/aromatic N) is 3. The van der Waals surface area contributed by atoms with Gasteiger partial charge in [0.1, 0.15) is 5.69 Å². The van der Waals surface area contributed by atoms with Gasteiger partial charge in [-0.25, -0.2) is 4.79 Å². The number of hydrogen-bond donors (Lipinski definition) is 2. The van der Waals surface area contributed by atoms with E-state index in [4.69, 9.17) is 4.74 Å². The molecule has 2 N–H and O–H groups in total. The summed E-state index contributed by atoms with van der Waals surface area (Å²) in [5.41, 5.74) is 0.920. The highest BCUT2D eigenvalue weighted by Gasteiger charge is 2.30. The van der Waals surface area contributed by atoms with Crippen molar-refractivity contribution < 1.29 is 14.3 Å². The van der Waals surface area contributed by atoms with Crippen molar-refractivity contribution >= 4 is 17.6 Å². The Bertz CT molecular complexity index is 639. The van der Waals surface area contributed by atoms with Gasteiger partial charge in [0.15, 0.2) is 0 Å². The Labute approximate surface area is 153 Å². The van der Waals surface area contributed by atoms with Crippen LogP contribution in [0.1, 0.15) is 30.3 Å². The van der Waals surface area contributed by atoms with E-state index in [-0.39, 0.29) is 24.1 Å². The lowest BCUT2D eigenvalue weighted by molar-refractivity contribution is -0.00673. The quantitative estimate of drug-likeness (QED) is 0.822. The number of hydrogen-bond acceptors (Lipinski definition) is 5. The number of anilines is 1. The summed E-state index contributed by atoms with van der Waals surface area (Å²) in [6.45, 7) is 5.77. The average molecular weight is 361 g/mol. The summed E-state index contributed by atoms with van der Waals surface area (Å²) in [6.07, 6.45) is 3.47. The van der Waals surface area contributed by atoms with Crippen LogP contribution in [0, 0.1) is 0 Å². The molecule has 1 saturated heterocycles. The number of rotatable bonds is 5. The van der Waals surface area contributed by atoms with Crippen LogP contribution in [0.3, 0.4) is 0 Å². The van der Waals surface area contributed by atoms with Gasteiger partial charge in [-0.2, -0.15) is 0 Å². The van der Waals surface area contributed by atoms with Crippen LogP contribution in [0.4, 0.5) is 10.5 Å². The minimum absolute atomic E-state index is 0.0966. The number of carbonyl (C=O) groups is 2. The Morgan fingerprint density at radius 1 is 1.27 bits per heavy atom. The summed E-state index contributed by atoms with van der Waals surface area (Å²) < 4.78 is 5.49. The lowest BCUT2D eigenvalue weighted by atomic mass is 9.89. The van der Waals surface area contributed by atoms with E-state index < -0.39 is 0 Å². The van der Waals surface area contributed by atoms with Gasteiger partial charge >= 0.3 is 6.03 Å². The molecule has 3 amide bonds. The highest BCUT2D eigenvalue weighted by molar-refractivity contribution is 5.95. The second-order valence-corrected chi connectivity index (χ2v) is 6.87. The molecule has 1 aliphatic carbocycles. The second kappa shape index (κ2) is 8.46. The Kier molecular flexibility index (Phi) is 6.05. The molecule has 26 heavy (non-hydrogen) atoms. The fourth-order valence-corrected chi connectivity index (χ4v) is 3.20. The maximum Gasteiger partial charge on any atom is 0.319 e. The van der Waals surface area contributed by atoms with E-state index in [2.05, 4.69) is 20.5 Å². The van der Waals surface area contributed by atoms with E-state index in [0.717, 1.165) is 25.9 Å². The van der Waals surface area contributed by atoms with Gasteiger partial charge in [-0.1, -0.05) is 0 Å². The van der Waals surface area contributed by atoms with Crippen molar-refractivity contribution in [3.63, 3.8) is 0 Å². The minimum atomic E-state index is -0.269. The monoisotopic (exact) mass is 361 g/mol. The van der Waals surface area contributed by atoms with Crippen LogP contribution in [-0.2, 0) is 4.74 Å². The zero-order chi connectivity index (χ0) is 18.5. The molecular formula is C18H27N5O3. The first kappa shape index (κ1) is 18.6. The standard InChI is InChI=1S/C18H27N5O3/c1-3-26-15-10-14(11-15)21-18(25)20-13-4-5-19-16(12-13)17(24)23-8-6-22(2)7-9-23/h4-5,12,14-15H,3,6-11H2,1-2H3,(H2,19,20,21,25). The van der Waals surface area contributed by atoms with Gasteiger partial charge in [-0.15, -0.1) is 0 Å². The number of urea groups is 1. The van der Waals surface area contributed by atoms with Crippen molar-refractivity contribution in [2.24, 2.45) is 0 Å². The summed E-state index contributed by atoms with van der Waals surface area (Å²) in [6, 6.07) is 3.18. The number of nitrogens with one attached hydrogen (secondary N) is 2. The number of likely N-dealkylation sites (N-methyl/N-ethyl adjacent to an activating group) is 1. The largest absolute Gasteiger partial charge is 0.378 e. The van der Waals surface area contributed by atoms with Crippen molar-refractivity contribution in [2.45, 2.75) is 31.9 Å². The fourth-order valence-electron chi connectivity index (χ4n) is 3.20. The van der Waals surface area contributed by atoms with Gasteiger partial charge < -0.3 is 25.2 Å². The smallest absolute Gasteiger partial charge is 0.319 e. The molecule has 0 radical (unpaired) electrons. The zero-order valence-corrected chi connectivity index (χ0v) is 15.4. The number of pyridine rings is 1. The maximum atomic E-state index is 12.6. The molecule has 0 bridgehead atoms. The third kappa shape index (κ3) is 4.70. The van der Waals surface area contributed by atoms with Crippen LogP contribution < -0.4 is 10.6 Å². The molecule has 8 nitrogen and oxygen atoms in total. The summed E-state index contributed by atoms with van der Waals surface area (Å²) in [5.74, 6) is -0.0966. The first-order valence-electron chi connectivity index (χ1n) is 9.18. The molecule has 2 fully saturated rings. The van der Waals surface area contributed by atoms with Crippen molar-refractivity contribution in [3.8, 4) is 0 Å². The van der Waals surface area contributed by atoms with Crippen LogP contribution in [-0.4, -0.2) is 78.7 Å². The van der Waals surface area contributed by atoms with E-state index in [0.29, 0.717) is 31.1 Å². The van der Waals surface area contributed by atoms with Crippen LogP contribution in [0.2, 0.25) is 0 Å². The average Bonchev–Trinajstić information content (AvgIpc) is 2.60. The highest BCUT2D eigenvalue weighted by atomic mass is 16.5. The first-order chi connectivity index (χ1) is 12.5. The number of ether oxygens (including phenoxy) is 1. The number of piperazine rings is 1. The summed E-state index contributed by atoms with van der Waals surface area (Å²) in [5, 5.41) is 5.70. The Hall–Kier alpha value is -2.19. The number of aromatic nitrogens is 1. The van der Waals surface area contributed by atoms with Crippen molar-refractivity contribution in [1.29, 1.82) is 0 Å². The fraction of sp³-hybridized carbons (Fsp3) is 0.611. The van der Waals surface area contributed by atoms with Crippen LogP contribution in [0.25, 0.3) is 0 Å². The minimum Gasteiger partial charge on any atom is -0.378 e. The van der Waals surface area contributed by atoms with Gasteiger partial charge in [0.2, 0.25) is 0 Å². The molecule has 1 aromatic rings. The lowest BCUT2D eigenvalue weighted by Gasteiger charge is -2.35. The van der Waals surface area contributed by atoms with Crippen LogP contribution in [0.15, 0.2) is 18.3 Å². The third-order valence-corrected chi connectivity index (χ3v) is 4.86. The molecule has 1 saturated carbocycles. The highest BCUT2D eigenvalue weighted by Crippen LogP contribution is 2.23. The van der Waals surface area contributed by atoms with E-state index in [9.17, 15) is 9.59 Å². The van der Waals surface area contributed by atoms with Gasteiger partial charge in [0, 0.05) is 50.7 Å². The molecule has 2 heterocycles. The van der Waals surface area contributed by atoms with Crippen molar-refractivity contribution in [3.05, 3.63) is 24.0 Å². The van der Waals surface area contributed by atoms with Gasteiger partial charge in [0.05, 0.1) is 6.10 Å². The van der Waals surface area contributed by atoms with Crippen LogP contribution >= 0.6 is 0 Å². The SMILES string of the molecule is CCOC1CC(NC(=O)Nc2ccnc(C(=O)N3CCN(C)CC3)c2)C1. The number of carbonyl (C=O) groups excluding carboxylic acids is 2. The van der Waals surface area contributed by atoms with Crippen molar-refractivity contribution in [1.82, 2.24) is 20.1 Å². The predicted molar refractivity (Wildman–Crippen MR) is 98.2 cm³/mol. The molecule has 0 aromatic carbocycles. The Morgan fingerprint density at radius 3 is 2.69 bits per heavy atom. The summed E-state index contributed by atoms with van der Waals surface area (Å²) >= 11 is 0. The molecule has 142 valence electrons. The molecule has 0 spiro atoms. The topological polar surface area (TPSA) is 86.8 Å². The lowest BCUT2D eigenvalue weighted by Crippen LogP contribution is -2.49. The first-order valence-corrected chi connectivity index (χ1v) is 9.18. The summed E-state index contributed by atoms with van der Waals surface area (Å²) in [7, 11) is 2.04. The molecule has 1 aromatic heterocycles. The molecule has 8 heteroatoms. The third-order valence-electron chi connectivity index (χ3n) is 4.86. The van der Waals surface area contributed by atoms with E-state index in [1.54, 1.807) is 23.2 Å². The van der Waals surface area contributed by atoms with Gasteiger partial charge in [-0.3, -0.25) is 9.78 Å². The maximum absolute atomic E-state index is 12.6. The molecular weight excluding hydrogens is 334 g/mol. The van der Waals surface area contributed by atoms with E-state index in [1.165, 1.54) is 0 Å². The normalized spacial score (nSPS) is 23.2. The molecule has 0 unspecified atom stereocenters. The molecule has 3 rings (SSSR count). The predicted octanol–water partition coefficient (Wildman–Crippen LogP) is 1.16. The van der Waals surface area contributed by atoms with Gasteiger partial charge in [0.25, 0.3) is 5.91 Å². The van der Waals surface area contributed by atoms with Gasteiger partial charge in [-0.05, 0) is 38.9 Å². The van der Waals surface area contributed by atoms with E-state index >= 15 is 0 Å². The molecule has 2 aliphatic rings. The molecule has 1 aliphatic heterocycles. The zero-order valence-electron chi connectivity index (χ0n) is 15.4. The summed E-state index contributed by atoms with van der Waals surface area (Å²) in [4.78, 5) is 32.8. The number of amides is 3. The van der Waals surface area contributed by atoms with Crippen molar-refractivity contribution in [2.75, 3.05) is 45.2 Å². The second-order valence-electron chi connectivity index (χ2n) is 6.87. The van der Waals surface area contributed by atoms with Crippen LogP contribution in [0.5, 0.6) is 0 Å². The molecule has 0 atom stereocenters.